The molecule has 0 heterocycles. The molecule has 0 radical (unpaired) electrons. The Morgan fingerprint density at radius 3 is 2.32 bits per heavy atom. The van der Waals surface area contributed by atoms with Crippen LogP contribution in [-0.4, -0.2) is 6.04 Å². The van der Waals surface area contributed by atoms with Gasteiger partial charge in [-0.05, 0) is 54.7 Å². The lowest BCUT2D eigenvalue weighted by Crippen LogP contribution is -2.33. The molecular weight excluding hydrogens is 277 g/mol. The highest BCUT2D eigenvalue weighted by Gasteiger charge is 2.30. The summed E-state index contributed by atoms with van der Waals surface area (Å²) in [5.41, 5.74) is 2.49. The van der Waals surface area contributed by atoms with Crippen molar-refractivity contribution in [3.8, 4) is 0 Å². The van der Waals surface area contributed by atoms with Crippen molar-refractivity contribution in [2.45, 2.75) is 24.8 Å². The number of hydrogen-bond donors (Lipinski definition) is 1. The number of halogens is 2. The molecule has 0 aliphatic heterocycles. The molecule has 0 atom stereocenters. The number of nitrogens with one attached hydrogen (secondary N) is 1. The SMILES string of the molecule is Clc1ccc(C2CC(Nc3cccc(Cl)c3)C2)cc1. The first-order valence-electron chi connectivity index (χ1n) is 6.48. The summed E-state index contributed by atoms with van der Waals surface area (Å²) in [7, 11) is 0. The fourth-order valence-electron chi connectivity index (χ4n) is 2.56. The summed E-state index contributed by atoms with van der Waals surface area (Å²) in [4.78, 5) is 0. The molecule has 1 nitrogen and oxygen atoms in total. The highest BCUT2D eigenvalue weighted by atomic mass is 35.5. The maximum Gasteiger partial charge on any atom is 0.0426 e. The van der Waals surface area contributed by atoms with Crippen molar-refractivity contribution in [1.82, 2.24) is 0 Å². The molecule has 1 N–H and O–H groups in total. The second-order valence-corrected chi connectivity index (χ2v) is 5.94. The van der Waals surface area contributed by atoms with E-state index in [1.165, 1.54) is 5.56 Å². The van der Waals surface area contributed by atoms with Gasteiger partial charge in [0.1, 0.15) is 0 Å². The van der Waals surface area contributed by atoms with Gasteiger partial charge in [-0.15, -0.1) is 0 Å². The van der Waals surface area contributed by atoms with Crippen LogP contribution in [0.3, 0.4) is 0 Å². The molecule has 3 rings (SSSR count). The summed E-state index contributed by atoms with van der Waals surface area (Å²) in [6.07, 6.45) is 2.32. The lowest BCUT2D eigenvalue weighted by Gasteiger charge is -2.37. The zero-order valence-corrected chi connectivity index (χ0v) is 12.0. The van der Waals surface area contributed by atoms with Crippen LogP contribution in [0.5, 0.6) is 0 Å². The van der Waals surface area contributed by atoms with E-state index in [9.17, 15) is 0 Å². The summed E-state index contributed by atoms with van der Waals surface area (Å²) in [6, 6.07) is 16.6. The number of rotatable bonds is 3. The van der Waals surface area contributed by atoms with Crippen LogP contribution < -0.4 is 5.32 Å². The molecule has 3 heteroatoms. The van der Waals surface area contributed by atoms with Gasteiger partial charge in [-0.2, -0.15) is 0 Å². The van der Waals surface area contributed by atoms with E-state index in [1.807, 2.05) is 30.3 Å². The van der Waals surface area contributed by atoms with Gasteiger partial charge in [-0.1, -0.05) is 41.4 Å². The molecule has 2 aromatic rings. The van der Waals surface area contributed by atoms with Gasteiger partial charge in [0.25, 0.3) is 0 Å². The zero-order valence-electron chi connectivity index (χ0n) is 10.4. The molecular formula is C16H15Cl2N. The molecule has 0 unspecified atom stereocenters. The van der Waals surface area contributed by atoms with E-state index in [0.717, 1.165) is 28.6 Å². The van der Waals surface area contributed by atoms with Crippen molar-refractivity contribution >= 4 is 28.9 Å². The van der Waals surface area contributed by atoms with Crippen LogP contribution in [0.1, 0.15) is 24.3 Å². The fraction of sp³-hybridized carbons (Fsp3) is 0.250. The molecule has 2 aromatic carbocycles. The molecule has 1 saturated carbocycles. The molecule has 1 fully saturated rings. The van der Waals surface area contributed by atoms with E-state index >= 15 is 0 Å². The van der Waals surface area contributed by atoms with Crippen LogP contribution in [0.15, 0.2) is 48.5 Å². The lowest BCUT2D eigenvalue weighted by atomic mass is 9.76. The van der Waals surface area contributed by atoms with Crippen LogP contribution in [0.2, 0.25) is 10.0 Å². The minimum Gasteiger partial charge on any atom is -0.382 e. The van der Waals surface area contributed by atoms with Crippen LogP contribution in [0.4, 0.5) is 5.69 Å². The third-order valence-corrected chi connectivity index (χ3v) is 4.16. The normalized spacial score (nSPS) is 21.8. The van der Waals surface area contributed by atoms with Crippen molar-refractivity contribution in [2.75, 3.05) is 5.32 Å². The highest BCUT2D eigenvalue weighted by molar-refractivity contribution is 6.31. The number of anilines is 1. The maximum absolute atomic E-state index is 5.98. The lowest BCUT2D eigenvalue weighted by molar-refractivity contribution is 0.374. The molecule has 19 heavy (non-hydrogen) atoms. The van der Waals surface area contributed by atoms with Gasteiger partial charge in [0, 0.05) is 21.8 Å². The predicted octanol–water partition coefficient (Wildman–Crippen LogP) is 5.35. The van der Waals surface area contributed by atoms with Crippen molar-refractivity contribution in [3.05, 3.63) is 64.1 Å². The smallest absolute Gasteiger partial charge is 0.0426 e. The largest absolute Gasteiger partial charge is 0.382 e. The van der Waals surface area contributed by atoms with Crippen molar-refractivity contribution in [2.24, 2.45) is 0 Å². The van der Waals surface area contributed by atoms with Crippen molar-refractivity contribution < 1.29 is 0 Å². The van der Waals surface area contributed by atoms with Crippen LogP contribution in [-0.2, 0) is 0 Å². The third-order valence-electron chi connectivity index (χ3n) is 3.67. The Morgan fingerprint density at radius 1 is 0.895 bits per heavy atom. The Hall–Kier alpha value is -1.18. The van der Waals surface area contributed by atoms with Crippen LogP contribution in [0.25, 0.3) is 0 Å². The monoisotopic (exact) mass is 291 g/mol. The molecule has 98 valence electrons. The Bertz CT molecular complexity index is 559. The average Bonchev–Trinajstić information content (AvgIpc) is 2.35. The van der Waals surface area contributed by atoms with E-state index in [2.05, 4.69) is 23.5 Å². The quantitative estimate of drug-likeness (QED) is 0.804. The second kappa shape index (κ2) is 5.44. The minimum absolute atomic E-state index is 0.541. The van der Waals surface area contributed by atoms with Gasteiger partial charge in [0.05, 0.1) is 0 Å². The Morgan fingerprint density at radius 2 is 1.63 bits per heavy atom. The molecule has 1 aliphatic carbocycles. The van der Waals surface area contributed by atoms with E-state index in [4.69, 9.17) is 23.2 Å². The Balaban J connectivity index is 1.57. The van der Waals surface area contributed by atoms with Crippen LogP contribution >= 0.6 is 23.2 Å². The summed E-state index contributed by atoms with van der Waals surface area (Å²) in [5, 5.41) is 5.10. The van der Waals surface area contributed by atoms with Gasteiger partial charge in [-0.25, -0.2) is 0 Å². The topological polar surface area (TPSA) is 12.0 Å². The summed E-state index contributed by atoms with van der Waals surface area (Å²) in [5.74, 6) is 0.647. The van der Waals surface area contributed by atoms with Crippen molar-refractivity contribution in [1.29, 1.82) is 0 Å². The first kappa shape index (κ1) is 12.8. The van der Waals surface area contributed by atoms with E-state index < -0.39 is 0 Å². The average molecular weight is 292 g/mol. The van der Waals surface area contributed by atoms with Crippen LogP contribution in [0, 0.1) is 0 Å². The van der Waals surface area contributed by atoms with E-state index in [-0.39, 0.29) is 0 Å². The summed E-state index contributed by atoms with van der Waals surface area (Å²) in [6.45, 7) is 0. The molecule has 1 aliphatic rings. The Labute approximate surface area is 123 Å². The van der Waals surface area contributed by atoms with Gasteiger partial charge < -0.3 is 5.32 Å². The maximum atomic E-state index is 5.98. The summed E-state index contributed by atoms with van der Waals surface area (Å²) >= 11 is 11.9. The molecule has 0 bridgehead atoms. The molecule has 0 saturated heterocycles. The molecule has 0 aromatic heterocycles. The van der Waals surface area contributed by atoms with Gasteiger partial charge in [0.2, 0.25) is 0 Å². The first-order valence-corrected chi connectivity index (χ1v) is 7.24. The van der Waals surface area contributed by atoms with Gasteiger partial charge in [-0.3, -0.25) is 0 Å². The second-order valence-electron chi connectivity index (χ2n) is 5.07. The molecule has 0 amide bonds. The Kier molecular flexibility index (Phi) is 3.67. The number of benzene rings is 2. The van der Waals surface area contributed by atoms with Crippen molar-refractivity contribution in [3.63, 3.8) is 0 Å². The first-order chi connectivity index (χ1) is 9.20. The summed E-state index contributed by atoms with van der Waals surface area (Å²) < 4.78 is 0. The zero-order chi connectivity index (χ0) is 13.2. The third kappa shape index (κ3) is 3.05. The fourth-order valence-corrected chi connectivity index (χ4v) is 2.87. The number of hydrogen-bond acceptors (Lipinski definition) is 1. The predicted molar refractivity (Wildman–Crippen MR) is 82.3 cm³/mol. The standard InChI is InChI=1S/C16H15Cl2N/c17-13-6-4-11(5-7-13)12-8-16(9-12)19-15-3-1-2-14(18)10-15/h1-7,10,12,16,19H,8-9H2. The van der Waals surface area contributed by atoms with E-state index in [1.54, 1.807) is 0 Å². The molecule has 0 spiro atoms. The van der Waals surface area contributed by atoms with Gasteiger partial charge >= 0.3 is 0 Å². The highest BCUT2D eigenvalue weighted by Crippen LogP contribution is 2.38. The minimum atomic E-state index is 0.541. The van der Waals surface area contributed by atoms with E-state index in [0.29, 0.717) is 12.0 Å². The van der Waals surface area contributed by atoms with Gasteiger partial charge in [0.15, 0.2) is 0 Å².